The van der Waals surface area contributed by atoms with Crippen LogP contribution in [0.15, 0.2) is 27.4 Å². The van der Waals surface area contributed by atoms with Crippen LogP contribution in [0.4, 0.5) is 0 Å². The number of aryl methyl sites for hydroxylation is 1. The molecule has 1 atom stereocenters. The summed E-state index contributed by atoms with van der Waals surface area (Å²) >= 11 is 3.26. The van der Waals surface area contributed by atoms with Gasteiger partial charge in [0.1, 0.15) is 17.5 Å². The number of nitrogens with zero attached hydrogens (tertiary/aromatic N) is 2. The van der Waals surface area contributed by atoms with Gasteiger partial charge in [0.05, 0.1) is 13.3 Å². The van der Waals surface area contributed by atoms with Crippen molar-refractivity contribution in [2.75, 3.05) is 7.11 Å². The lowest BCUT2D eigenvalue weighted by Crippen LogP contribution is -2.17. The Kier molecular flexibility index (Phi) is 3.54. The van der Waals surface area contributed by atoms with Gasteiger partial charge in [-0.15, -0.1) is 0 Å². The van der Waals surface area contributed by atoms with Crippen molar-refractivity contribution >= 4 is 15.9 Å². The van der Waals surface area contributed by atoms with Crippen molar-refractivity contribution in [2.45, 2.75) is 19.5 Å². The molecule has 17 heavy (non-hydrogen) atoms. The summed E-state index contributed by atoms with van der Waals surface area (Å²) in [5, 5.41) is 4.22. The van der Waals surface area contributed by atoms with Crippen molar-refractivity contribution in [1.82, 2.24) is 9.78 Å². The zero-order chi connectivity index (χ0) is 12.4. The zero-order valence-corrected chi connectivity index (χ0v) is 11.3. The van der Waals surface area contributed by atoms with Gasteiger partial charge in [-0.25, -0.2) is 0 Å². The maximum atomic E-state index is 6.17. The molecule has 0 aliphatic carbocycles. The number of furan rings is 1. The molecule has 2 rings (SSSR count). The van der Waals surface area contributed by atoms with Crippen LogP contribution in [0.3, 0.4) is 0 Å². The van der Waals surface area contributed by atoms with E-state index in [0.717, 1.165) is 12.2 Å². The fraction of sp³-hybridized carbons (Fsp3) is 0.364. The van der Waals surface area contributed by atoms with E-state index in [0.29, 0.717) is 16.2 Å². The highest BCUT2D eigenvalue weighted by Crippen LogP contribution is 2.30. The van der Waals surface area contributed by atoms with E-state index in [2.05, 4.69) is 21.0 Å². The van der Waals surface area contributed by atoms with E-state index in [9.17, 15) is 0 Å². The van der Waals surface area contributed by atoms with Gasteiger partial charge < -0.3 is 14.9 Å². The third-order valence-corrected chi connectivity index (χ3v) is 2.99. The summed E-state index contributed by atoms with van der Waals surface area (Å²) in [7, 11) is 1.60. The summed E-state index contributed by atoms with van der Waals surface area (Å²) in [6.45, 7) is 2.73. The van der Waals surface area contributed by atoms with Gasteiger partial charge in [-0.2, -0.15) is 5.10 Å². The van der Waals surface area contributed by atoms with Crippen molar-refractivity contribution < 1.29 is 9.15 Å². The first-order valence-corrected chi connectivity index (χ1v) is 6.07. The smallest absolute Gasteiger partial charge is 0.169 e. The van der Waals surface area contributed by atoms with E-state index < -0.39 is 6.04 Å². The van der Waals surface area contributed by atoms with Gasteiger partial charge in [-0.1, -0.05) is 0 Å². The minimum atomic E-state index is -0.390. The quantitative estimate of drug-likeness (QED) is 0.941. The SMILES string of the molecule is CCn1ncc(OC)c1C(N)c1ccc(Br)o1. The first-order valence-electron chi connectivity index (χ1n) is 5.27. The molecule has 0 spiro atoms. The number of nitrogens with two attached hydrogens (primary N) is 1. The van der Waals surface area contributed by atoms with Crippen LogP contribution < -0.4 is 10.5 Å². The molecule has 92 valence electrons. The zero-order valence-electron chi connectivity index (χ0n) is 9.68. The number of hydrogen-bond acceptors (Lipinski definition) is 4. The second kappa shape index (κ2) is 4.93. The van der Waals surface area contributed by atoms with Gasteiger partial charge in [-0.3, -0.25) is 4.68 Å². The number of hydrogen-bond donors (Lipinski definition) is 1. The van der Waals surface area contributed by atoms with Crippen LogP contribution in [0.2, 0.25) is 0 Å². The first-order chi connectivity index (χ1) is 8.17. The minimum absolute atomic E-state index is 0.390. The molecule has 0 bridgehead atoms. The number of rotatable bonds is 4. The van der Waals surface area contributed by atoms with E-state index >= 15 is 0 Å². The Balaban J connectivity index is 2.41. The minimum Gasteiger partial charge on any atom is -0.493 e. The van der Waals surface area contributed by atoms with Gasteiger partial charge >= 0.3 is 0 Å². The van der Waals surface area contributed by atoms with Crippen LogP contribution in [0.1, 0.15) is 24.4 Å². The lowest BCUT2D eigenvalue weighted by Gasteiger charge is -2.12. The molecule has 2 aromatic rings. The normalized spacial score (nSPS) is 12.7. The molecule has 0 aliphatic rings. The molecule has 6 heteroatoms. The van der Waals surface area contributed by atoms with Crippen LogP contribution in [0, 0.1) is 0 Å². The third kappa shape index (κ3) is 2.23. The molecule has 0 saturated carbocycles. The Hall–Kier alpha value is -1.27. The number of ether oxygens (including phenoxy) is 1. The summed E-state index contributed by atoms with van der Waals surface area (Å²) in [5.41, 5.74) is 6.99. The number of halogens is 1. The molecule has 2 N–H and O–H groups in total. The van der Waals surface area contributed by atoms with Gasteiger partial charge in [0.2, 0.25) is 0 Å². The van der Waals surface area contributed by atoms with Gasteiger partial charge in [0.15, 0.2) is 10.4 Å². The molecule has 2 aromatic heterocycles. The highest BCUT2D eigenvalue weighted by atomic mass is 79.9. The molecule has 0 fully saturated rings. The Labute approximate surface area is 108 Å². The monoisotopic (exact) mass is 299 g/mol. The second-order valence-electron chi connectivity index (χ2n) is 3.53. The van der Waals surface area contributed by atoms with Gasteiger partial charge in [-0.05, 0) is 35.0 Å². The molecule has 0 aliphatic heterocycles. The van der Waals surface area contributed by atoms with Crippen LogP contribution in [-0.2, 0) is 6.54 Å². The first kappa shape index (κ1) is 12.2. The molecule has 1 unspecified atom stereocenters. The van der Waals surface area contributed by atoms with Crippen LogP contribution in [0.25, 0.3) is 0 Å². The van der Waals surface area contributed by atoms with E-state index in [4.69, 9.17) is 14.9 Å². The number of aromatic nitrogens is 2. The largest absolute Gasteiger partial charge is 0.493 e. The standard InChI is InChI=1S/C11H14BrN3O2/c1-3-15-11(8(16-2)6-14-15)10(13)7-4-5-9(12)17-7/h4-6,10H,3,13H2,1-2H3. The topological polar surface area (TPSA) is 66.2 Å². The maximum absolute atomic E-state index is 6.17. The Morgan fingerprint density at radius 1 is 1.59 bits per heavy atom. The molecule has 0 saturated heterocycles. The summed E-state index contributed by atoms with van der Waals surface area (Å²) in [6, 6.07) is 3.26. The van der Waals surface area contributed by atoms with Crippen LogP contribution in [-0.4, -0.2) is 16.9 Å². The average Bonchev–Trinajstić information content (AvgIpc) is 2.93. The molecule has 0 radical (unpaired) electrons. The van der Waals surface area contributed by atoms with E-state index in [1.165, 1.54) is 0 Å². The highest BCUT2D eigenvalue weighted by molar-refractivity contribution is 9.10. The Morgan fingerprint density at radius 2 is 2.35 bits per heavy atom. The summed E-state index contributed by atoms with van der Waals surface area (Å²) in [4.78, 5) is 0. The summed E-state index contributed by atoms with van der Waals surface area (Å²) in [6.07, 6.45) is 1.66. The van der Waals surface area contributed by atoms with Gasteiger partial charge in [0, 0.05) is 6.54 Å². The fourth-order valence-corrected chi connectivity index (χ4v) is 2.05. The van der Waals surface area contributed by atoms with E-state index in [-0.39, 0.29) is 0 Å². The molecular formula is C11H14BrN3O2. The van der Waals surface area contributed by atoms with E-state index in [1.54, 1.807) is 18.0 Å². The molecular weight excluding hydrogens is 286 g/mol. The Morgan fingerprint density at radius 3 is 2.88 bits per heavy atom. The molecule has 5 nitrogen and oxygen atoms in total. The van der Waals surface area contributed by atoms with Crippen molar-refractivity contribution in [3.63, 3.8) is 0 Å². The predicted molar refractivity (Wildman–Crippen MR) is 66.9 cm³/mol. The summed E-state index contributed by atoms with van der Waals surface area (Å²) < 4.78 is 13.2. The lowest BCUT2D eigenvalue weighted by atomic mass is 10.1. The molecule has 0 amide bonds. The van der Waals surface area contributed by atoms with Crippen LogP contribution >= 0.6 is 15.9 Å². The second-order valence-corrected chi connectivity index (χ2v) is 4.32. The fourth-order valence-electron chi connectivity index (χ4n) is 1.73. The summed E-state index contributed by atoms with van der Waals surface area (Å²) in [5.74, 6) is 1.34. The number of methoxy groups -OCH3 is 1. The lowest BCUT2D eigenvalue weighted by molar-refractivity contribution is 0.396. The maximum Gasteiger partial charge on any atom is 0.169 e. The molecule has 2 heterocycles. The third-order valence-electron chi connectivity index (χ3n) is 2.56. The van der Waals surface area contributed by atoms with Crippen molar-refractivity contribution in [3.05, 3.63) is 34.5 Å². The van der Waals surface area contributed by atoms with Crippen molar-refractivity contribution in [3.8, 4) is 5.75 Å². The van der Waals surface area contributed by atoms with Crippen LogP contribution in [0.5, 0.6) is 5.75 Å². The van der Waals surface area contributed by atoms with Crippen molar-refractivity contribution in [1.29, 1.82) is 0 Å². The predicted octanol–water partition coefficient (Wildman–Crippen LogP) is 2.32. The average molecular weight is 300 g/mol. The van der Waals surface area contributed by atoms with Gasteiger partial charge in [0.25, 0.3) is 0 Å². The highest BCUT2D eigenvalue weighted by Gasteiger charge is 2.22. The van der Waals surface area contributed by atoms with E-state index in [1.807, 2.05) is 19.1 Å². The molecule has 0 aromatic carbocycles. The Bertz CT molecular complexity index is 485. The van der Waals surface area contributed by atoms with Crippen molar-refractivity contribution in [2.24, 2.45) is 5.73 Å².